The van der Waals surface area contributed by atoms with Crippen LogP contribution >= 0.6 is 27.7 Å². The van der Waals surface area contributed by atoms with Crippen molar-refractivity contribution in [3.05, 3.63) is 52.5 Å². The fourth-order valence-electron chi connectivity index (χ4n) is 2.88. The van der Waals surface area contributed by atoms with Crippen LogP contribution in [0.25, 0.3) is 11.3 Å². The molecule has 0 saturated carbocycles. The Morgan fingerprint density at radius 3 is 2.93 bits per heavy atom. The average Bonchev–Trinajstić information content (AvgIpc) is 2.84. The fraction of sp³-hybridized carbons (Fsp3) is 0.250. The number of nitrogens with one attached hydrogen (secondary N) is 1. The Labute approximate surface area is 175 Å². The molecular weight excluding hydrogens is 440 g/mol. The second kappa shape index (κ2) is 8.36. The van der Waals surface area contributed by atoms with Crippen LogP contribution in [0.3, 0.4) is 0 Å². The lowest BCUT2D eigenvalue weighted by Gasteiger charge is -2.19. The average molecular weight is 459 g/mol. The number of thioether (sulfide) groups is 1. The van der Waals surface area contributed by atoms with Gasteiger partial charge in [0.1, 0.15) is 5.75 Å². The van der Waals surface area contributed by atoms with Crippen molar-refractivity contribution in [1.82, 2.24) is 15.2 Å². The van der Waals surface area contributed by atoms with Gasteiger partial charge in [-0.2, -0.15) is 4.98 Å². The maximum Gasteiger partial charge on any atom is 0.247 e. The highest BCUT2D eigenvalue weighted by molar-refractivity contribution is 9.10. The zero-order valence-electron chi connectivity index (χ0n) is 15.2. The summed E-state index contributed by atoms with van der Waals surface area (Å²) >= 11 is 5.09. The lowest BCUT2D eigenvalue weighted by Crippen LogP contribution is -2.17. The van der Waals surface area contributed by atoms with E-state index in [1.807, 2.05) is 24.3 Å². The number of ether oxygens (including phenoxy) is 1. The first-order valence-corrected chi connectivity index (χ1v) is 10.8. The summed E-state index contributed by atoms with van der Waals surface area (Å²) in [7, 11) is 0. The zero-order chi connectivity index (χ0) is 19.5. The molecule has 1 aliphatic rings. The highest BCUT2D eigenvalue weighted by Crippen LogP contribution is 2.41. The number of phenols is 1. The SMILES string of the molecule is CCCCSc1nnc2c(n1)OC(c1cccc(O)c1)Nc1ccc(Br)cc1-2. The number of nitrogens with zero attached hydrogens (tertiary/aromatic N) is 3. The van der Waals surface area contributed by atoms with E-state index in [1.165, 1.54) is 0 Å². The molecule has 0 spiro atoms. The van der Waals surface area contributed by atoms with Crippen molar-refractivity contribution in [2.45, 2.75) is 31.1 Å². The van der Waals surface area contributed by atoms with Crippen LogP contribution < -0.4 is 10.1 Å². The number of hydrogen-bond donors (Lipinski definition) is 2. The first-order valence-electron chi connectivity index (χ1n) is 9.03. The Bertz CT molecular complexity index is 1000. The van der Waals surface area contributed by atoms with E-state index in [0.29, 0.717) is 16.7 Å². The van der Waals surface area contributed by atoms with Gasteiger partial charge in [0, 0.05) is 27.0 Å². The van der Waals surface area contributed by atoms with Gasteiger partial charge in [-0.15, -0.1) is 10.2 Å². The molecule has 28 heavy (non-hydrogen) atoms. The van der Waals surface area contributed by atoms with Crippen LogP contribution in [0.15, 0.2) is 52.1 Å². The number of aromatic nitrogens is 3. The predicted molar refractivity (Wildman–Crippen MR) is 114 cm³/mol. The number of aromatic hydroxyl groups is 1. The van der Waals surface area contributed by atoms with Gasteiger partial charge in [0.15, 0.2) is 11.9 Å². The molecule has 8 heteroatoms. The third-order valence-corrected chi connectivity index (χ3v) is 5.71. The van der Waals surface area contributed by atoms with Gasteiger partial charge in [0.05, 0.1) is 0 Å². The number of halogens is 1. The topological polar surface area (TPSA) is 80.2 Å². The minimum Gasteiger partial charge on any atom is -0.508 e. The van der Waals surface area contributed by atoms with E-state index in [2.05, 4.69) is 43.4 Å². The molecule has 1 unspecified atom stereocenters. The largest absolute Gasteiger partial charge is 0.508 e. The van der Waals surface area contributed by atoms with Crippen molar-refractivity contribution in [3.63, 3.8) is 0 Å². The van der Waals surface area contributed by atoms with Crippen LogP contribution in [-0.4, -0.2) is 26.0 Å². The predicted octanol–water partition coefficient (Wildman–Crippen LogP) is 5.40. The van der Waals surface area contributed by atoms with E-state index < -0.39 is 6.23 Å². The number of rotatable bonds is 5. The highest BCUT2D eigenvalue weighted by Gasteiger charge is 2.26. The summed E-state index contributed by atoms with van der Waals surface area (Å²) in [5.41, 5.74) is 3.10. The van der Waals surface area contributed by atoms with Crippen molar-refractivity contribution in [2.75, 3.05) is 11.1 Å². The molecule has 144 valence electrons. The Morgan fingerprint density at radius 1 is 1.21 bits per heavy atom. The van der Waals surface area contributed by atoms with Crippen LogP contribution in [0.2, 0.25) is 0 Å². The molecule has 0 radical (unpaired) electrons. The summed E-state index contributed by atoms with van der Waals surface area (Å²) < 4.78 is 7.13. The van der Waals surface area contributed by atoms with E-state index in [-0.39, 0.29) is 5.75 Å². The minimum absolute atomic E-state index is 0.181. The molecule has 6 nitrogen and oxygen atoms in total. The second-order valence-electron chi connectivity index (χ2n) is 6.38. The monoisotopic (exact) mass is 458 g/mol. The second-order valence-corrected chi connectivity index (χ2v) is 8.36. The lowest BCUT2D eigenvalue weighted by molar-refractivity contribution is 0.225. The number of benzene rings is 2. The Morgan fingerprint density at radius 2 is 2.11 bits per heavy atom. The van der Waals surface area contributed by atoms with Crippen molar-refractivity contribution in [2.24, 2.45) is 0 Å². The summed E-state index contributed by atoms with van der Waals surface area (Å²) in [6.45, 7) is 2.15. The normalized spacial score (nSPS) is 15.0. The maximum absolute atomic E-state index is 9.87. The summed E-state index contributed by atoms with van der Waals surface area (Å²) in [6, 6.07) is 12.9. The van der Waals surface area contributed by atoms with Gasteiger partial charge in [-0.3, -0.25) is 0 Å². The number of hydrogen-bond acceptors (Lipinski definition) is 7. The summed E-state index contributed by atoms with van der Waals surface area (Å²) in [5, 5.41) is 22.6. The first kappa shape index (κ1) is 19.0. The fourth-order valence-corrected chi connectivity index (χ4v) is 4.10. The smallest absolute Gasteiger partial charge is 0.247 e. The van der Waals surface area contributed by atoms with Gasteiger partial charge in [0.25, 0.3) is 0 Å². The van der Waals surface area contributed by atoms with Crippen LogP contribution in [0.4, 0.5) is 5.69 Å². The van der Waals surface area contributed by atoms with Crippen molar-refractivity contribution >= 4 is 33.4 Å². The third kappa shape index (κ3) is 4.07. The van der Waals surface area contributed by atoms with Gasteiger partial charge in [-0.25, -0.2) is 0 Å². The molecule has 0 amide bonds. The van der Waals surface area contributed by atoms with Gasteiger partial charge in [-0.1, -0.05) is 53.2 Å². The molecule has 2 heterocycles. The van der Waals surface area contributed by atoms with Crippen molar-refractivity contribution in [1.29, 1.82) is 0 Å². The molecule has 0 saturated heterocycles. The van der Waals surface area contributed by atoms with Crippen molar-refractivity contribution in [3.8, 4) is 22.9 Å². The molecule has 0 aliphatic carbocycles. The van der Waals surface area contributed by atoms with Gasteiger partial charge in [0.2, 0.25) is 11.0 Å². The molecule has 3 aromatic rings. The van der Waals surface area contributed by atoms with Crippen LogP contribution in [0.1, 0.15) is 31.6 Å². The van der Waals surface area contributed by atoms with Crippen molar-refractivity contribution < 1.29 is 9.84 Å². The van der Waals surface area contributed by atoms with Gasteiger partial charge in [-0.05, 0) is 36.8 Å². The standard InChI is InChI=1S/C20H19BrN4O2S/c1-2-3-9-28-20-23-19-17(24-25-20)15-11-13(21)7-8-16(15)22-18(27-19)12-5-4-6-14(26)10-12/h4-8,10-11,18,22,26H,2-3,9H2,1H3. The van der Waals surface area contributed by atoms with Gasteiger partial charge < -0.3 is 15.2 Å². The third-order valence-electron chi connectivity index (χ3n) is 4.29. The van der Waals surface area contributed by atoms with Crippen LogP contribution in [0.5, 0.6) is 11.6 Å². The van der Waals surface area contributed by atoms with E-state index in [0.717, 1.165) is 39.9 Å². The number of anilines is 1. The van der Waals surface area contributed by atoms with E-state index in [9.17, 15) is 5.11 Å². The Hall–Kier alpha value is -2.32. The molecule has 2 N–H and O–H groups in total. The molecule has 1 aromatic heterocycles. The van der Waals surface area contributed by atoms with E-state index in [1.54, 1.807) is 30.0 Å². The highest BCUT2D eigenvalue weighted by atomic mass is 79.9. The number of unbranched alkanes of at least 4 members (excludes halogenated alkanes) is 1. The quantitative estimate of drug-likeness (QED) is 0.391. The molecule has 0 fully saturated rings. The Balaban J connectivity index is 1.77. The number of fused-ring (bicyclic) bond motifs is 3. The lowest BCUT2D eigenvalue weighted by atomic mass is 10.1. The Kier molecular flexibility index (Phi) is 5.68. The molecule has 1 aliphatic heterocycles. The molecule has 2 aromatic carbocycles. The van der Waals surface area contributed by atoms with Gasteiger partial charge >= 0.3 is 0 Å². The number of phenolic OH excluding ortho intramolecular Hbond substituents is 1. The van der Waals surface area contributed by atoms with E-state index >= 15 is 0 Å². The van der Waals surface area contributed by atoms with Crippen LogP contribution in [-0.2, 0) is 0 Å². The summed E-state index contributed by atoms with van der Waals surface area (Å²) in [6.07, 6.45) is 1.69. The molecule has 0 bridgehead atoms. The molecule has 1 atom stereocenters. The maximum atomic E-state index is 9.87. The first-order chi connectivity index (χ1) is 13.6. The van der Waals surface area contributed by atoms with E-state index in [4.69, 9.17) is 4.74 Å². The van der Waals surface area contributed by atoms with Crippen LogP contribution in [0, 0.1) is 0 Å². The summed E-state index contributed by atoms with van der Waals surface area (Å²) in [4.78, 5) is 4.62. The molecule has 4 rings (SSSR count). The molecular formula is C20H19BrN4O2S. The minimum atomic E-state index is -0.515. The summed E-state index contributed by atoms with van der Waals surface area (Å²) in [5.74, 6) is 1.54. The zero-order valence-corrected chi connectivity index (χ0v) is 17.6.